The molecule has 0 aliphatic carbocycles. The van der Waals surface area contributed by atoms with Crippen molar-refractivity contribution >= 4 is 29.1 Å². The fraction of sp³-hybridized carbons (Fsp3) is 0.500. The lowest BCUT2D eigenvalue weighted by Gasteiger charge is -2.19. The summed E-state index contributed by atoms with van der Waals surface area (Å²) in [4.78, 5) is 35.4. The standard InChI is InChI=1S/C14H20N2O4S/c1-8(2)7-10(14(19)20)16-12(17)9(3)15-13(18)11-5-4-6-21-11/h4-6,8-10H,7H2,1-3H3,(H,15,18)(H,16,17)(H,19,20)/t9?,10-/m0/s1. The Morgan fingerprint density at radius 2 is 1.90 bits per heavy atom. The summed E-state index contributed by atoms with van der Waals surface area (Å²) in [6.45, 7) is 5.28. The number of thiophene rings is 1. The molecule has 0 aromatic carbocycles. The molecule has 2 amide bonds. The Kier molecular flexibility index (Phi) is 6.36. The Morgan fingerprint density at radius 1 is 1.24 bits per heavy atom. The maximum atomic E-state index is 12.0. The highest BCUT2D eigenvalue weighted by atomic mass is 32.1. The minimum atomic E-state index is -1.08. The molecule has 0 radical (unpaired) electrons. The number of hydrogen-bond donors (Lipinski definition) is 3. The van der Waals surface area contributed by atoms with E-state index in [-0.39, 0.29) is 11.8 Å². The first kappa shape index (κ1) is 17.2. The highest BCUT2D eigenvalue weighted by Crippen LogP contribution is 2.08. The summed E-state index contributed by atoms with van der Waals surface area (Å²) < 4.78 is 0. The lowest BCUT2D eigenvalue weighted by Crippen LogP contribution is -2.50. The molecule has 0 aliphatic rings. The lowest BCUT2D eigenvalue weighted by atomic mass is 10.0. The zero-order valence-electron chi connectivity index (χ0n) is 12.3. The van der Waals surface area contributed by atoms with E-state index in [0.717, 1.165) is 0 Å². The highest BCUT2D eigenvalue weighted by molar-refractivity contribution is 7.12. The molecule has 0 aliphatic heterocycles. The fourth-order valence-electron chi connectivity index (χ4n) is 1.73. The molecule has 1 rings (SSSR count). The first-order valence-corrected chi connectivity index (χ1v) is 7.56. The van der Waals surface area contributed by atoms with Gasteiger partial charge in [-0.05, 0) is 30.7 Å². The topological polar surface area (TPSA) is 95.5 Å². The highest BCUT2D eigenvalue weighted by Gasteiger charge is 2.24. The van der Waals surface area contributed by atoms with E-state index in [1.54, 1.807) is 17.5 Å². The molecular weight excluding hydrogens is 292 g/mol. The number of hydrogen-bond acceptors (Lipinski definition) is 4. The van der Waals surface area contributed by atoms with Gasteiger partial charge in [0, 0.05) is 0 Å². The number of nitrogens with one attached hydrogen (secondary N) is 2. The Hall–Kier alpha value is -1.89. The molecule has 1 unspecified atom stereocenters. The van der Waals surface area contributed by atoms with E-state index in [9.17, 15) is 14.4 Å². The Balaban J connectivity index is 2.57. The van der Waals surface area contributed by atoms with Gasteiger partial charge in [-0.1, -0.05) is 19.9 Å². The van der Waals surface area contributed by atoms with Crippen molar-refractivity contribution in [1.82, 2.24) is 10.6 Å². The van der Waals surface area contributed by atoms with Crippen LogP contribution in [0.25, 0.3) is 0 Å². The van der Waals surface area contributed by atoms with Gasteiger partial charge in [0.15, 0.2) is 0 Å². The number of carboxylic acid groups (broad SMARTS) is 1. The van der Waals surface area contributed by atoms with Crippen molar-refractivity contribution in [3.63, 3.8) is 0 Å². The second-order valence-corrected chi connectivity index (χ2v) is 6.15. The van der Waals surface area contributed by atoms with Gasteiger partial charge < -0.3 is 15.7 Å². The van der Waals surface area contributed by atoms with E-state index in [0.29, 0.717) is 11.3 Å². The molecule has 21 heavy (non-hydrogen) atoms. The fourth-order valence-corrected chi connectivity index (χ4v) is 2.36. The van der Waals surface area contributed by atoms with Crippen LogP contribution in [0.2, 0.25) is 0 Å². The van der Waals surface area contributed by atoms with Crippen LogP contribution in [0.4, 0.5) is 0 Å². The van der Waals surface area contributed by atoms with E-state index in [2.05, 4.69) is 10.6 Å². The molecule has 116 valence electrons. The summed E-state index contributed by atoms with van der Waals surface area (Å²) in [6.07, 6.45) is 0.340. The smallest absolute Gasteiger partial charge is 0.326 e. The molecule has 3 N–H and O–H groups in total. The number of amides is 2. The second kappa shape index (κ2) is 7.78. The van der Waals surface area contributed by atoms with Crippen molar-refractivity contribution < 1.29 is 19.5 Å². The zero-order valence-corrected chi connectivity index (χ0v) is 13.1. The van der Waals surface area contributed by atoms with E-state index in [1.165, 1.54) is 18.3 Å². The van der Waals surface area contributed by atoms with Gasteiger partial charge in [0.25, 0.3) is 5.91 Å². The molecule has 2 atom stereocenters. The molecule has 6 nitrogen and oxygen atoms in total. The van der Waals surface area contributed by atoms with Gasteiger partial charge in [0.1, 0.15) is 12.1 Å². The first-order chi connectivity index (χ1) is 9.81. The van der Waals surface area contributed by atoms with Crippen molar-refractivity contribution in [3.8, 4) is 0 Å². The minimum absolute atomic E-state index is 0.141. The van der Waals surface area contributed by atoms with Crippen molar-refractivity contribution in [2.24, 2.45) is 5.92 Å². The van der Waals surface area contributed by atoms with Gasteiger partial charge in [0.05, 0.1) is 4.88 Å². The van der Waals surface area contributed by atoms with Gasteiger partial charge in [-0.25, -0.2) is 4.79 Å². The molecule has 0 fully saturated rings. The molecule has 0 saturated carbocycles. The Labute approximate surface area is 127 Å². The average Bonchev–Trinajstić information content (AvgIpc) is 2.90. The summed E-state index contributed by atoms with van der Waals surface area (Å²) in [7, 11) is 0. The van der Waals surface area contributed by atoms with Gasteiger partial charge >= 0.3 is 5.97 Å². The predicted molar refractivity (Wildman–Crippen MR) is 80.3 cm³/mol. The Morgan fingerprint density at radius 3 is 2.38 bits per heavy atom. The van der Waals surface area contributed by atoms with E-state index >= 15 is 0 Å². The quantitative estimate of drug-likeness (QED) is 0.710. The van der Waals surface area contributed by atoms with Crippen molar-refractivity contribution in [3.05, 3.63) is 22.4 Å². The first-order valence-electron chi connectivity index (χ1n) is 6.68. The van der Waals surface area contributed by atoms with Gasteiger partial charge in [-0.2, -0.15) is 0 Å². The largest absolute Gasteiger partial charge is 0.480 e. The van der Waals surface area contributed by atoms with Crippen LogP contribution < -0.4 is 10.6 Å². The third kappa shape index (κ3) is 5.55. The van der Waals surface area contributed by atoms with Crippen LogP contribution in [0.15, 0.2) is 17.5 Å². The molecule has 7 heteroatoms. The van der Waals surface area contributed by atoms with Crippen molar-refractivity contribution in [2.75, 3.05) is 0 Å². The molecule has 1 aromatic heterocycles. The number of carboxylic acids is 1. The summed E-state index contributed by atoms with van der Waals surface area (Å²) in [5.74, 6) is -1.78. The molecule has 0 spiro atoms. The summed E-state index contributed by atoms with van der Waals surface area (Å²) in [5, 5.41) is 15.8. The van der Waals surface area contributed by atoms with E-state index in [1.807, 2.05) is 13.8 Å². The Bertz CT molecular complexity index is 499. The second-order valence-electron chi connectivity index (χ2n) is 5.20. The summed E-state index contributed by atoms with van der Waals surface area (Å²) in [5.41, 5.74) is 0. The average molecular weight is 312 g/mol. The third-order valence-electron chi connectivity index (χ3n) is 2.81. The predicted octanol–water partition coefficient (Wildman–Crippen LogP) is 1.48. The number of rotatable bonds is 7. The van der Waals surface area contributed by atoms with Gasteiger partial charge in [-0.15, -0.1) is 11.3 Å². The molecule has 1 aromatic rings. The van der Waals surface area contributed by atoms with Gasteiger partial charge in [0.2, 0.25) is 5.91 Å². The minimum Gasteiger partial charge on any atom is -0.480 e. The zero-order chi connectivity index (χ0) is 16.0. The van der Waals surface area contributed by atoms with Crippen molar-refractivity contribution in [2.45, 2.75) is 39.3 Å². The van der Waals surface area contributed by atoms with E-state index in [4.69, 9.17) is 5.11 Å². The molecule has 0 saturated heterocycles. The lowest BCUT2D eigenvalue weighted by molar-refractivity contribution is -0.142. The van der Waals surface area contributed by atoms with Crippen molar-refractivity contribution in [1.29, 1.82) is 0 Å². The number of aliphatic carboxylic acids is 1. The molecule has 0 bridgehead atoms. The number of carbonyl (C=O) groups is 3. The van der Waals surface area contributed by atoms with Crippen LogP contribution in [-0.4, -0.2) is 35.0 Å². The van der Waals surface area contributed by atoms with Crippen LogP contribution in [0.5, 0.6) is 0 Å². The monoisotopic (exact) mass is 312 g/mol. The third-order valence-corrected chi connectivity index (χ3v) is 3.68. The summed E-state index contributed by atoms with van der Waals surface area (Å²) in [6, 6.07) is 1.66. The summed E-state index contributed by atoms with van der Waals surface area (Å²) >= 11 is 1.27. The van der Waals surface area contributed by atoms with Crippen LogP contribution in [0, 0.1) is 5.92 Å². The van der Waals surface area contributed by atoms with Crippen LogP contribution in [0.3, 0.4) is 0 Å². The van der Waals surface area contributed by atoms with Gasteiger partial charge in [-0.3, -0.25) is 9.59 Å². The number of carbonyl (C=O) groups excluding carboxylic acids is 2. The maximum absolute atomic E-state index is 12.0. The molecular formula is C14H20N2O4S. The SMILES string of the molecule is CC(C)C[C@H](NC(=O)C(C)NC(=O)c1cccs1)C(=O)O. The molecule has 1 heterocycles. The van der Waals surface area contributed by atoms with Crippen LogP contribution in [0.1, 0.15) is 36.9 Å². The van der Waals surface area contributed by atoms with Crippen LogP contribution in [-0.2, 0) is 9.59 Å². The van der Waals surface area contributed by atoms with Crippen LogP contribution >= 0.6 is 11.3 Å². The van der Waals surface area contributed by atoms with E-state index < -0.39 is 24.0 Å². The normalized spacial score (nSPS) is 13.5. The maximum Gasteiger partial charge on any atom is 0.326 e.